The zero-order valence-corrected chi connectivity index (χ0v) is 14.8. The molecule has 1 saturated heterocycles. The number of hydrogen-bond acceptors (Lipinski definition) is 8. The molecular formula is C17H24N6O4. The Bertz CT molecular complexity index is 744. The summed E-state index contributed by atoms with van der Waals surface area (Å²) in [5.41, 5.74) is 6.60. The van der Waals surface area contributed by atoms with Gasteiger partial charge in [0.25, 0.3) is 0 Å². The van der Waals surface area contributed by atoms with Crippen LogP contribution in [-0.2, 0) is 6.42 Å². The first-order valence-electron chi connectivity index (χ1n) is 8.80. The minimum absolute atomic E-state index is 0.111. The van der Waals surface area contributed by atoms with E-state index in [1.165, 1.54) is 0 Å². The maximum atomic E-state index is 12.6. The molecule has 2 amide bonds. The van der Waals surface area contributed by atoms with Gasteiger partial charge in [-0.25, -0.2) is 4.79 Å². The summed E-state index contributed by atoms with van der Waals surface area (Å²) in [6, 6.07) is 5.11. The number of aromatic hydroxyl groups is 1. The average molecular weight is 376 g/mol. The predicted molar refractivity (Wildman–Crippen MR) is 95.8 cm³/mol. The van der Waals surface area contributed by atoms with Crippen LogP contribution in [0.1, 0.15) is 29.4 Å². The number of carbonyl (C=O) groups excluding carboxylic acids is 1. The predicted octanol–water partition coefficient (Wildman–Crippen LogP) is -0.334. The van der Waals surface area contributed by atoms with Crippen LogP contribution in [0.15, 0.2) is 28.7 Å². The molecular weight excluding hydrogens is 352 g/mol. The molecule has 2 aromatic rings. The van der Waals surface area contributed by atoms with Crippen LogP contribution in [0.4, 0.5) is 4.79 Å². The molecule has 2 atom stereocenters. The molecule has 0 unspecified atom stereocenters. The summed E-state index contributed by atoms with van der Waals surface area (Å²) >= 11 is 0. The summed E-state index contributed by atoms with van der Waals surface area (Å²) < 4.78 is 5.58. The second kappa shape index (κ2) is 8.80. The van der Waals surface area contributed by atoms with Gasteiger partial charge < -0.3 is 35.9 Å². The summed E-state index contributed by atoms with van der Waals surface area (Å²) in [6.45, 7) is 2.39. The van der Waals surface area contributed by atoms with Crippen LogP contribution in [0, 0.1) is 0 Å². The van der Waals surface area contributed by atoms with Crippen molar-refractivity contribution in [3.8, 4) is 5.75 Å². The molecule has 0 saturated carbocycles. The number of nitrogens with zero attached hydrogens (tertiary/aromatic N) is 3. The van der Waals surface area contributed by atoms with Crippen molar-refractivity contribution in [1.29, 1.82) is 0 Å². The van der Waals surface area contributed by atoms with E-state index in [1.807, 2.05) is 0 Å². The molecule has 2 heterocycles. The molecule has 1 aliphatic rings. The van der Waals surface area contributed by atoms with Crippen LogP contribution in [0.2, 0.25) is 0 Å². The number of phenols is 1. The Labute approximate surface area is 156 Å². The van der Waals surface area contributed by atoms with E-state index in [4.69, 9.17) is 15.3 Å². The number of phenolic OH excluding ortho intramolecular Hbond substituents is 1. The molecule has 10 nitrogen and oxygen atoms in total. The van der Waals surface area contributed by atoms with Crippen molar-refractivity contribution in [3.05, 3.63) is 41.6 Å². The van der Waals surface area contributed by atoms with Gasteiger partial charge in [0.1, 0.15) is 17.8 Å². The second-order valence-corrected chi connectivity index (χ2v) is 6.38. The van der Waals surface area contributed by atoms with Crippen molar-refractivity contribution >= 4 is 6.03 Å². The molecule has 0 aliphatic carbocycles. The zero-order valence-electron chi connectivity index (χ0n) is 14.8. The van der Waals surface area contributed by atoms with Crippen LogP contribution in [0.5, 0.6) is 5.75 Å². The molecule has 3 rings (SSSR count). The number of rotatable bonds is 6. The smallest absolute Gasteiger partial charge is 0.318 e. The van der Waals surface area contributed by atoms with E-state index in [1.54, 1.807) is 29.2 Å². The van der Waals surface area contributed by atoms with E-state index in [2.05, 4.69) is 20.8 Å². The SMILES string of the molecule is N[C@@H](CO)c1nnc([C@H](Cc2ccc(O)cc2)NC(=O)N2CCNCC2)o1. The summed E-state index contributed by atoms with van der Waals surface area (Å²) in [6.07, 6.45) is 0.397. The Morgan fingerprint density at radius 3 is 2.59 bits per heavy atom. The highest BCUT2D eigenvalue weighted by Crippen LogP contribution is 2.21. The maximum absolute atomic E-state index is 12.6. The van der Waals surface area contributed by atoms with Crippen molar-refractivity contribution in [2.24, 2.45) is 5.73 Å². The molecule has 1 aromatic carbocycles. The normalized spacial score (nSPS) is 16.7. The number of aliphatic hydroxyl groups excluding tert-OH is 1. The molecule has 1 fully saturated rings. The van der Waals surface area contributed by atoms with Crippen LogP contribution in [0.3, 0.4) is 0 Å². The Balaban J connectivity index is 1.78. The fraction of sp³-hybridized carbons (Fsp3) is 0.471. The van der Waals surface area contributed by atoms with Gasteiger partial charge in [0, 0.05) is 32.6 Å². The second-order valence-electron chi connectivity index (χ2n) is 6.38. The lowest BCUT2D eigenvalue weighted by Gasteiger charge is -2.29. The molecule has 27 heavy (non-hydrogen) atoms. The molecule has 146 valence electrons. The molecule has 0 bridgehead atoms. The topological polar surface area (TPSA) is 150 Å². The van der Waals surface area contributed by atoms with Gasteiger partial charge in [-0.3, -0.25) is 0 Å². The lowest BCUT2D eigenvalue weighted by Crippen LogP contribution is -2.51. The Morgan fingerprint density at radius 2 is 1.93 bits per heavy atom. The summed E-state index contributed by atoms with van der Waals surface area (Å²) in [7, 11) is 0. The number of benzene rings is 1. The first-order valence-corrected chi connectivity index (χ1v) is 8.80. The van der Waals surface area contributed by atoms with Gasteiger partial charge in [0.15, 0.2) is 0 Å². The third kappa shape index (κ3) is 4.94. The molecule has 0 radical (unpaired) electrons. The maximum Gasteiger partial charge on any atom is 0.318 e. The minimum Gasteiger partial charge on any atom is -0.508 e. The quantitative estimate of drug-likeness (QED) is 0.460. The molecule has 6 N–H and O–H groups in total. The number of carbonyl (C=O) groups is 1. The number of urea groups is 1. The Kier molecular flexibility index (Phi) is 6.22. The number of hydrogen-bond donors (Lipinski definition) is 5. The highest BCUT2D eigenvalue weighted by atomic mass is 16.4. The standard InChI is InChI=1S/C17H24N6O4/c18-13(10-24)15-21-22-16(27-15)14(9-11-1-3-12(25)4-2-11)20-17(26)23-7-5-19-6-8-23/h1-4,13-14,19,24-25H,5-10,18H2,(H,20,26)/t13-,14-/m0/s1. The first-order chi connectivity index (χ1) is 13.1. The van der Waals surface area contributed by atoms with Gasteiger partial charge in [0.2, 0.25) is 11.8 Å². The van der Waals surface area contributed by atoms with E-state index >= 15 is 0 Å². The summed E-state index contributed by atoms with van der Waals surface area (Å²) in [5.74, 6) is 0.485. The van der Waals surface area contributed by atoms with Crippen LogP contribution < -0.4 is 16.4 Å². The summed E-state index contributed by atoms with van der Waals surface area (Å²) in [5, 5.41) is 32.6. The highest BCUT2D eigenvalue weighted by Gasteiger charge is 2.26. The minimum atomic E-state index is -0.774. The summed E-state index contributed by atoms with van der Waals surface area (Å²) in [4.78, 5) is 14.3. The number of piperazine rings is 1. The molecule has 1 aliphatic heterocycles. The van der Waals surface area contributed by atoms with Gasteiger partial charge in [-0.2, -0.15) is 0 Å². The largest absolute Gasteiger partial charge is 0.508 e. The van der Waals surface area contributed by atoms with E-state index in [9.17, 15) is 9.90 Å². The van der Waals surface area contributed by atoms with Gasteiger partial charge in [-0.1, -0.05) is 12.1 Å². The van der Waals surface area contributed by atoms with Gasteiger partial charge in [-0.15, -0.1) is 10.2 Å². The number of amides is 2. The van der Waals surface area contributed by atoms with E-state index in [-0.39, 0.29) is 30.2 Å². The van der Waals surface area contributed by atoms with Crippen molar-refractivity contribution < 1.29 is 19.4 Å². The Morgan fingerprint density at radius 1 is 1.26 bits per heavy atom. The number of aliphatic hydroxyl groups is 1. The van der Waals surface area contributed by atoms with E-state index in [0.717, 1.165) is 18.7 Å². The Hall–Kier alpha value is -2.69. The van der Waals surface area contributed by atoms with Crippen LogP contribution in [-0.4, -0.2) is 64.1 Å². The average Bonchev–Trinajstić information content (AvgIpc) is 3.19. The van der Waals surface area contributed by atoms with E-state index in [0.29, 0.717) is 19.5 Å². The fourth-order valence-electron chi connectivity index (χ4n) is 2.79. The monoisotopic (exact) mass is 376 g/mol. The van der Waals surface area contributed by atoms with Crippen molar-refractivity contribution in [1.82, 2.24) is 25.7 Å². The first kappa shape index (κ1) is 19.1. The zero-order chi connectivity index (χ0) is 19.2. The van der Waals surface area contributed by atoms with Crippen LogP contribution >= 0.6 is 0 Å². The molecule has 0 spiro atoms. The third-order valence-electron chi connectivity index (χ3n) is 4.35. The molecule has 10 heteroatoms. The lowest BCUT2D eigenvalue weighted by molar-refractivity contribution is 0.183. The fourth-order valence-corrected chi connectivity index (χ4v) is 2.79. The van der Waals surface area contributed by atoms with Crippen molar-refractivity contribution in [2.75, 3.05) is 32.8 Å². The van der Waals surface area contributed by atoms with Gasteiger partial charge in [0.05, 0.1) is 6.61 Å². The van der Waals surface area contributed by atoms with E-state index < -0.39 is 12.1 Å². The van der Waals surface area contributed by atoms with Crippen molar-refractivity contribution in [3.63, 3.8) is 0 Å². The van der Waals surface area contributed by atoms with Crippen molar-refractivity contribution in [2.45, 2.75) is 18.5 Å². The van der Waals surface area contributed by atoms with Gasteiger partial charge in [-0.05, 0) is 17.7 Å². The number of aromatic nitrogens is 2. The third-order valence-corrected chi connectivity index (χ3v) is 4.35. The van der Waals surface area contributed by atoms with Gasteiger partial charge >= 0.3 is 6.03 Å². The number of nitrogens with one attached hydrogen (secondary N) is 2. The molecule has 1 aromatic heterocycles. The lowest BCUT2D eigenvalue weighted by atomic mass is 10.1. The van der Waals surface area contributed by atoms with Crippen LogP contribution in [0.25, 0.3) is 0 Å². The number of nitrogens with two attached hydrogens (primary N) is 1. The highest BCUT2D eigenvalue weighted by molar-refractivity contribution is 5.74.